The average Bonchev–Trinajstić information content (AvgIpc) is 4.12. The number of rotatable bonds is 8. The van der Waals surface area contributed by atoms with E-state index in [9.17, 15) is 0 Å². The van der Waals surface area contributed by atoms with Gasteiger partial charge in [-0.2, -0.15) is 0 Å². The third-order valence-electron chi connectivity index (χ3n) is 12.7. The maximum atomic E-state index is 5.41. The van der Waals surface area contributed by atoms with Gasteiger partial charge in [-0.1, -0.05) is 97.1 Å². The Morgan fingerprint density at radius 3 is 0.959 bits per heavy atom. The molecule has 0 N–H and O–H groups in total. The van der Waals surface area contributed by atoms with Gasteiger partial charge in [0, 0.05) is 126 Å². The molecule has 2 aliphatic heterocycles. The number of nitrogens with zero attached hydrogens (tertiary/aromatic N) is 12. The molecule has 12 nitrogen and oxygen atoms in total. The van der Waals surface area contributed by atoms with Crippen LogP contribution in [0.5, 0.6) is 0 Å². The molecule has 1 radical (unpaired) electrons. The molecule has 9 heterocycles. The number of pyridine rings is 4. The molecular formula is C56H40Cl4CuN12. The van der Waals surface area contributed by atoms with E-state index in [1.54, 1.807) is 0 Å². The largest absolute Gasteiger partial charge is 2.00 e. The molecule has 13 rings (SSSR count). The van der Waals surface area contributed by atoms with Crippen molar-refractivity contribution >= 4 is 44.1 Å². The van der Waals surface area contributed by atoms with Crippen LogP contribution in [-0.2, 0) is 43.2 Å². The summed E-state index contributed by atoms with van der Waals surface area (Å²) in [6.07, 6.45) is 16.5. The monoisotopic (exact) mass is 1080 g/mol. The molecule has 7 aromatic heterocycles. The Kier molecular flexibility index (Phi) is 15.7. The molecule has 0 saturated carbocycles. The van der Waals surface area contributed by atoms with Crippen molar-refractivity contribution in [1.29, 1.82) is 0 Å². The fourth-order valence-electron chi connectivity index (χ4n) is 9.61. The summed E-state index contributed by atoms with van der Waals surface area (Å²) in [6.45, 7) is 2.40. The standard InChI is InChI=1S/C56H40N12.4ClH.Cu/c1-5-25-65(26-6-1)33-37-17-13-21-41-45(37)53-57-49(41)62-54-47-39(35-67-29-9-3-10-30-67)19-15-23-43(47)51(59-54)64-56-48-40(36-68-31-11-4-12-32-68)20-16-24-44(48)52(60-56)63-55-46-38(34-66-27-7-2-8-28-66)18-14-22-42(46)50(58-55)61-53;;;;;/h1-32H,33-36H2;4*1H;/q+2;;;;;+2/p-4. The minimum atomic E-state index is 0. The zero-order valence-corrected chi connectivity index (χ0v) is 42.4. The van der Waals surface area contributed by atoms with Crippen molar-refractivity contribution in [2.75, 3.05) is 0 Å². The van der Waals surface area contributed by atoms with Gasteiger partial charge in [0.05, 0.1) is 23.3 Å². The van der Waals surface area contributed by atoms with E-state index in [1.165, 1.54) is 0 Å². The van der Waals surface area contributed by atoms with Gasteiger partial charge in [-0.3, -0.25) is 0 Å². The van der Waals surface area contributed by atoms with Crippen molar-refractivity contribution in [3.63, 3.8) is 0 Å². The van der Waals surface area contributed by atoms with Gasteiger partial charge in [0.2, 0.25) is 0 Å². The molecule has 11 aromatic rings. The van der Waals surface area contributed by atoms with Crippen LogP contribution < -0.4 is 77.9 Å². The van der Waals surface area contributed by atoms with Crippen LogP contribution in [-0.4, -0.2) is 29.9 Å². The van der Waals surface area contributed by atoms with E-state index < -0.39 is 0 Å². The molecule has 73 heavy (non-hydrogen) atoms. The van der Waals surface area contributed by atoms with Crippen LogP contribution in [0.3, 0.4) is 0 Å². The van der Waals surface area contributed by atoms with Crippen LogP contribution in [0.15, 0.2) is 195 Å². The van der Waals surface area contributed by atoms with Crippen LogP contribution >= 0.6 is 0 Å². The molecule has 4 aromatic carbocycles. The summed E-state index contributed by atoms with van der Waals surface area (Å²) in [4.78, 5) is 42.9. The van der Waals surface area contributed by atoms with E-state index in [-0.39, 0.29) is 66.7 Å². The van der Waals surface area contributed by atoms with E-state index in [1.807, 2.05) is 72.8 Å². The third-order valence-corrected chi connectivity index (χ3v) is 12.7. The summed E-state index contributed by atoms with van der Waals surface area (Å²) < 4.78 is 8.62. The van der Waals surface area contributed by atoms with Gasteiger partial charge >= 0.3 is 17.1 Å². The number of fused-ring (bicyclic) bond motifs is 20. The van der Waals surface area contributed by atoms with Crippen molar-refractivity contribution < 1.29 is 85.0 Å². The van der Waals surface area contributed by atoms with Gasteiger partial charge in [0.1, 0.15) is 0 Å². The zero-order valence-electron chi connectivity index (χ0n) is 38.5. The first-order valence-electron chi connectivity index (χ1n) is 22.6. The van der Waals surface area contributed by atoms with Crippen LogP contribution in [0.2, 0.25) is 0 Å². The van der Waals surface area contributed by atoms with Gasteiger partial charge in [0.25, 0.3) is 0 Å². The number of halogens is 4. The van der Waals surface area contributed by atoms with Crippen molar-refractivity contribution in [2.24, 2.45) is 0 Å². The zero-order chi connectivity index (χ0) is 45.0. The molecule has 0 saturated heterocycles. The molecule has 363 valence electrons. The Bertz CT molecular complexity index is 3680. The summed E-state index contributed by atoms with van der Waals surface area (Å²) in [5.41, 5.74) is 9.80. The Morgan fingerprint density at radius 2 is 0.603 bits per heavy atom. The third kappa shape index (κ3) is 9.79. The van der Waals surface area contributed by atoms with Gasteiger partial charge < -0.3 is 79.5 Å². The fourth-order valence-corrected chi connectivity index (χ4v) is 9.61. The van der Waals surface area contributed by atoms with Gasteiger partial charge in [-0.15, -0.1) is 0 Å². The molecule has 8 bridgehead atoms. The van der Waals surface area contributed by atoms with E-state index in [0.29, 0.717) is 72.1 Å². The smallest absolute Gasteiger partial charge is 1.00 e. The summed E-state index contributed by atoms with van der Waals surface area (Å²) >= 11 is 0. The summed E-state index contributed by atoms with van der Waals surface area (Å²) in [5, 5.41) is 3.53. The van der Waals surface area contributed by atoms with E-state index in [4.69, 9.17) is 39.9 Å². The summed E-state index contributed by atoms with van der Waals surface area (Å²) in [6, 6.07) is 49.5. The van der Waals surface area contributed by atoms with Crippen molar-refractivity contribution in [2.45, 2.75) is 26.2 Å². The number of aromatic nitrogens is 12. The first-order valence-corrected chi connectivity index (χ1v) is 22.6. The molecule has 0 spiro atoms. The predicted molar refractivity (Wildman–Crippen MR) is 257 cm³/mol. The number of hydrogen-bond donors (Lipinski definition) is 0. The number of hydrogen-bond acceptors (Lipinski definition) is 6. The topological polar surface area (TPSA) is 121 Å². The first kappa shape index (κ1) is 51.9. The SMILES string of the molecule is [Cl-].[Cl-].[Cl-].[Cl-].[Cu+2].c1cc[n+](Cc2cccc3c2-c2nc-3nc3[n-]c(nc4nc(nc5[n-]c(n2)c2cccc(C[n+]6ccccc6)c52)-c2cccc(C[n+]5ccccc5)c2-4)c2cccc(C[n+]4ccccc4)c32)cc1. The second-order valence-electron chi connectivity index (χ2n) is 17.0. The second kappa shape index (κ2) is 22.1. The summed E-state index contributed by atoms with van der Waals surface area (Å²) in [7, 11) is 0. The van der Waals surface area contributed by atoms with Crippen LogP contribution in [0.25, 0.3) is 89.7 Å². The predicted octanol–water partition coefficient (Wildman–Crippen LogP) is -4.52. The van der Waals surface area contributed by atoms with Crippen molar-refractivity contribution in [3.8, 4) is 45.6 Å². The quantitative estimate of drug-likeness (QED) is 0.111. The van der Waals surface area contributed by atoms with Crippen molar-refractivity contribution in [3.05, 3.63) is 217 Å². The Labute approximate surface area is 455 Å². The normalized spacial score (nSPS) is 11.0. The molecular weight excluding hydrogens is 1050 g/mol. The van der Waals surface area contributed by atoms with Crippen LogP contribution in [0.4, 0.5) is 0 Å². The van der Waals surface area contributed by atoms with Crippen LogP contribution in [0.1, 0.15) is 22.3 Å². The Balaban J connectivity index is 0.00000142. The maximum absolute atomic E-state index is 5.41. The van der Waals surface area contributed by atoms with E-state index in [0.717, 1.165) is 66.1 Å². The number of benzene rings is 4. The van der Waals surface area contributed by atoms with Crippen molar-refractivity contribution in [1.82, 2.24) is 39.9 Å². The molecule has 0 atom stereocenters. The summed E-state index contributed by atoms with van der Waals surface area (Å²) in [5.74, 6) is 2.08. The molecule has 0 unspecified atom stereocenters. The van der Waals surface area contributed by atoms with E-state index >= 15 is 0 Å². The van der Waals surface area contributed by atoms with E-state index in [2.05, 4.69) is 141 Å². The van der Waals surface area contributed by atoms with Crippen LogP contribution in [0, 0.1) is 0 Å². The molecule has 17 heteroatoms. The average molecular weight is 1090 g/mol. The molecule has 0 amide bonds. The minimum absolute atomic E-state index is 0. The molecule has 2 aliphatic rings. The molecule has 0 aliphatic carbocycles. The Hall–Kier alpha value is -7.48. The van der Waals surface area contributed by atoms with Gasteiger partial charge in [0.15, 0.2) is 75.8 Å². The fraction of sp³-hybridized carbons (Fsp3) is 0.0714. The first-order chi connectivity index (χ1) is 33.7. The van der Waals surface area contributed by atoms with Gasteiger partial charge in [-0.05, 0) is 10.8 Å². The van der Waals surface area contributed by atoms with Gasteiger partial charge in [-0.25, -0.2) is 28.2 Å². The minimum Gasteiger partial charge on any atom is -1.00 e. The maximum Gasteiger partial charge on any atom is 2.00 e. The molecule has 0 fully saturated rings. The second-order valence-corrected chi connectivity index (χ2v) is 17.0. The Morgan fingerprint density at radius 1 is 0.301 bits per heavy atom.